The van der Waals surface area contributed by atoms with Gasteiger partial charge in [-0.3, -0.25) is 9.88 Å². The molecule has 0 unspecified atom stereocenters. The first-order valence-electron chi connectivity index (χ1n) is 10.0. The largest absolute Gasteiger partial charge is 0.497 e. The predicted octanol–water partition coefficient (Wildman–Crippen LogP) is 4.79. The molecule has 0 N–H and O–H groups in total. The number of aromatic nitrogens is 2. The van der Waals surface area contributed by atoms with Gasteiger partial charge in [-0.05, 0) is 50.6 Å². The molecular formula is C23H27N3O3. The number of nitrogens with zero attached hydrogens (tertiary/aromatic N) is 3. The van der Waals surface area contributed by atoms with Gasteiger partial charge in [0.05, 0.1) is 37.2 Å². The van der Waals surface area contributed by atoms with Gasteiger partial charge in [0.15, 0.2) is 0 Å². The number of aryl methyl sites for hydroxylation is 1. The maximum atomic E-state index is 6.02. The molecule has 0 saturated carbocycles. The summed E-state index contributed by atoms with van der Waals surface area (Å²) in [4.78, 5) is 11.9. The van der Waals surface area contributed by atoms with Crippen molar-refractivity contribution < 1.29 is 13.9 Å². The minimum Gasteiger partial charge on any atom is -0.497 e. The van der Waals surface area contributed by atoms with Crippen molar-refractivity contribution in [3.8, 4) is 23.0 Å². The topological polar surface area (TPSA) is 60.6 Å². The third-order valence-electron chi connectivity index (χ3n) is 5.53. The normalized spacial score (nSPS) is 17.3. The zero-order valence-electron chi connectivity index (χ0n) is 17.2. The fraction of sp³-hybridized carbons (Fsp3) is 0.391. The van der Waals surface area contributed by atoms with E-state index in [1.807, 2.05) is 37.4 Å². The first kappa shape index (κ1) is 19.5. The monoisotopic (exact) mass is 393 g/mol. The van der Waals surface area contributed by atoms with Crippen molar-refractivity contribution in [3.05, 3.63) is 59.7 Å². The number of hydrogen-bond acceptors (Lipinski definition) is 6. The number of oxazole rings is 1. The van der Waals surface area contributed by atoms with Crippen LogP contribution in [0.15, 0.2) is 47.0 Å². The summed E-state index contributed by atoms with van der Waals surface area (Å²) in [7, 11) is 3.28. The Kier molecular flexibility index (Phi) is 5.81. The molecule has 0 spiro atoms. The molecule has 1 saturated heterocycles. The van der Waals surface area contributed by atoms with Gasteiger partial charge in [0, 0.05) is 18.8 Å². The summed E-state index contributed by atoms with van der Waals surface area (Å²) in [6.07, 6.45) is 5.41. The molecule has 3 aromatic rings. The van der Waals surface area contributed by atoms with Gasteiger partial charge in [0.2, 0.25) is 5.89 Å². The standard InChI is InChI=1S/C23H27N3O3/c1-16-20(15-26-13-7-5-9-21(26)19-8-4-6-12-24-19)25-23(29-16)18-11-10-17(27-2)14-22(18)28-3/h4,6,8,10-12,14,21H,5,7,9,13,15H2,1-3H3/t21-/m1/s1. The van der Waals surface area contributed by atoms with Crippen LogP contribution < -0.4 is 9.47 Å². The number of methoxy groups -OCH3 is 2. The van der Waals surface area contributed by atoms with Crippen molar-refractivity contribution in [1.29, 1.82) is 0 Å². The molecular weight excluding hydrogens is 366 g/mol. The van der Waals surface area contributed by atoms with Crippen molar-refractivity contribution in [3.63, 3.8) is 0 Å². The molecule has 29 heavy (non-hydrogen) atoms. The number of likely N-dealkylation sites (tertiary alicyclic amines) is 1. The minimum absolute atomic E-state index is 0.319. The fourth-order valence-corrected chi connectivity index (χ4v) is 3.95. The molecule has 0 radical (unpaired) electrons. The second-order valence-electron chi connectivity index (χ2n) is 7.32. The van der Waals surface area contributed by atoms with Crippen LogP contribution in [0, 0.1) is 6.92 Å². The average molecular weight is 393 g/mol. The van der Waals surface area contributed by atoms with Crippen LogP contribution in [0.1, 0.15) is 42.5 Å². The van der Waals surface area contributed by atoms with Gasteiger partial charge in [-0.15, -0.1) is 0 Å². The Morgan fingerprint density at radius 1 is 1.14 bits per heavy atom. The maximum Gasteiger partial charge on any atom is 0.230 e. The lowest BCUT2D eigenvalue weighted by Crippen LogP contribution is -2.33. The Morgan fingerprint density at radius 2 is 2.03 bits per heavy atom. The number of hydrogen-bond donors (Lipinski definition) is 0. The molecule has 3 heterocycles. The molecule has 2 aromatic heterocycles. The summed E-state index contributed by atoms with van der Waals surface area (Å²) in [6.45, 7) is 3.76. The van der Waals surface area contributed by atoms with Crippen LogP contribution in [0.3, 0.4) is 0 Å². The van der Waals surface area contributed by atoms with Gasteiger partial charge >= 0.3 is 0 Å². The highest BCUT2D eigenvalue weighted by molar-refractivity contribution is 5.65. The molecule has 1 fully saturated rings. The summed E-state index contributed by atoms with van der Waals surface area (Å²) in [5, 5.41) is 0. The van der Waals surface area contributed by atoms with E-state index >= 15 is 0 Å². The number of pyridine rings is 1. The third kappa shape index (κ3) is 4.12. The summed E-state index contributed by atoms with van der Waals surface area (Å²) in [5.74, 6) is 2.83. The van der Waals surface area contributed by atoms with E-state index in [-0.39, 0.29) is 0 Å². The molecule has 0 amide bonds. The molecule has 0 aliphatic carbocycles. The molecule has 6 heteroatoms. The Bertz CT molecular complexity index is 955. The lowest BCUT2D eigenvalue weighted by atomic mass is 9.98. The van der Waals surface area contributed by atoms with Crippen molar-refractivity contribution in [2.45, 2.75) is 38.8 Å². The molecule has 0 bridgehead atoms. The van der Waals surface area contributed by atoms with E-state index in [4.69, 9.17) is 18.9 Å². The Labute approximate surface area is 171 Å². The molecule has 1 aliphatic heterocycles. The van der Waals surface area contributed by atoms with E-state index in [0.717, 1.165) is 48.0 Å². The van der Waals surface area contributed by atoms with Gasteiger partial charge in [0.1, 0.15) is 17.3 Å². The quantitative estimate of drug-likeness (QED) is 0.600. The average Bonchev–Trinajstić information content (AvgIpc) is 3.14. The second-order valence-corrected chi connectivity index (χ2v) is 7.32. The molecule has 1 aromatic carbocycles. The van der Waals surface area contributed by atoms with Crippen LogP contribution in [-0.2, 0) is 6.54 Å². The SMILES string of the molecule is COc1ccc(-c2nc(CN3CCCC[C@@H]3c3ccccn3)c(C)o2)c(OC)c1. The van der Waals surface area contributed by atoms with E-state index in [1.54, 1.807) is 14.2 Å². The number of benzene rings is 1. The molecule has 4 rings (SSSR count). The van der Waals surface area contributed by atoms with Gasteiger partial charge in [-0.1, -0.05) is 12.5 Å². The molecule has 6 nitrogen and oxygen atoms in total. The first-order chi connectivity index (χ1) is 14.2. The van der Waals surface area contributed by atoms with Crippen LogP contribution >= 0.6 is 0 Å². The summed E-state index contributed by atoms with van der Waals surface area (Å²) in [6, 6.07) is 12.1. The van der Waals surface area contributed by atoms with Crippen LogP contribution in [-0.4, -0.2) is 35.6 Å². The third-order valence-corrected chi connectivity index (χ3v) is 5.53. The zero-order valence-corrected chi connectivity index (χ0v) is 17.2. The van der Waals surface area contributed by atoms with E-state index in [2.05, 4.69) is 22.0 Å². The first-order valence-corrected chi connectivity index (χ1v) is 10.0. The number of ether oxygens (including phenoxy) is 2. The van der Waals surface area contributed by atoms with Crippen molar-refractivity contribution in [1.82, 2.24) is 14.9 Å². The van der Waals surface area contributed by atoms with Gasteiger partial charge in [0.25, 0.3) is 0 Å². The summed E-state index contributed by atoms with van der Waals surface area (Å²) < 4.78 is 16.8. The lowest BCUT2D eigenvalue weighted by Gasteiger charge is -2.34. The summed E-state index contributed by atoms with van der Waals surface area (Å²) >= 11 is 0. The molecule has 1 aliphatic rings. The van der Waals surface area contributed by atoms with E-state index in [1.165, 1.54) is 12.8 Å². The van der Waals surface area contributed by atoms with Crippen LogP contribution in [0.25, 0.3) is 11.5 Å². The number of rotatable bonds is 6. The zero-order chi connectivity index (χ0) is 20.2. The van der Waals surface area contributed by atoms with Crippen LogP contribution in [0.2, 0.25) is 0 Å². The minimum atomic E-state index is 0.319. The highest BCUT2D eigenvalue weighted by Crippen LogP contribution is 2.35. The van der Waals surface area contributed by atoms with E-state index in [0.29, 0.717) is 17.7 Å². The van der Waals surface area contributed by atoms with Crippen LogP contribution in [0.4, 0.5) is 0 Å². The smallest absolute Gasteiger partial charge is 0.230 e. The van der Waals surface area contributed by atoms with Crippen LogP contribution in [0.5, 0.6) is 11.5 Å². The van der Waals surface area contributed by atoms with Crippen molar-refractivity contribution in [2.24, 2.45) is 0 Å². The predicted molar refractivity (Wildman–Crippen MR) is 111 cm³/mol. The van der Waals surface area contributed by atoms with Crippen molar-refractivity contribution >= 4 is 0 Å². The molecule has 1 atom stereocenters. The van der Waals surface area contributed by atoms with Crippen molar-refractivity contribution in [2.75, 3.05) is 20.8 Å². The highest BCUT2D eigenvalue weighted by Gasteiger charge is 2.27. The molecule has 152 valence electrons. The Hall–Kier alpha value is -2.86. The maximum absolute atomic E-state index is 6.02. The Balaban J connectivity index is 1.60. The second kappa shape index (κ2) is 8.66. The lowest BCUT2D eigenvalue weighted by molar-refractivity contribution is 0.135. The summed E-state index contributed by atoms with van der Waals surface area (Å²) in [5.41, 5.74) is 2.91. The Morgan fingerprint density at radius 3 is 2.79 bits per heavy atom. The fourth-order valence-electron chi connectivity index (χ4n) is 3.95. The van der Waals surface area contributed by atoms with E-state index < -0.39 is 0 Å². The number of piperidine rings is 1. The van der Waals surface area contributed by atoms with Gasteiger partial charge < -0.3 is 13.9 Å². The highest BCUT2D eigenvalue weighted by atomic mass is 16.5. The van der Waals surface area contributed by atoms with E-state index in [9.17, 15) is 0 Å². The van der Waals surface area contributed by atoms with Gasteiger partial charge in [-0.2, -0.15) is 0 Å². The van der Waals surface area contributed by atoms with Gasteiger partial charge in [-0.25, -0.2) is 4.98 Å².